The van der Waals surface area contributed by atoms with Gasteiger partial charge in [0.2, 0.25) is 0 Å². The van der Waals surface area contributed by atoms with E-state index < -0.39 is 11.9 Å². The first-order valence-electron chi connectivity index (χ1n) is 10.9. The van der Waals surface area contributed by atoms with Crippen molar-refractivity contribution in [3.63, 3.8) is 0 Å². The molecule has 0 aliphatic heterocycles. The molecule has 5 nitrogen and oxygen atoms in total. The molecule has 1 rings (SSSR count). The predicted octanol–water partition coefficient (Wildman–Crippen LogP) is 5.45. The van der Waals surface area contributed by atoms with Crippen LogP contribution in [0.2, 0.25) is 0 Å². The van der Waals surface area contributed by atoms with Crippen molar-refractivity contribution in [3.8, 4) is 5.75 Å². The summed E-state index contributed by atoms with van der Waals surface area (Å²) in [7, 11) is 1.43. The van der Waals surface area contributed by atoms with Gasteiger partial charge in [-0.05, 0) is 38.2 Å². The highest BCUT2D eigenvalue weighted by atomic mass is 16.6. The van der Waals surface area contributed by atoms with Gasteiger partial charge in [0.1, 0.15) is 11.5 Å². The minimum absolute atomic E-state index is 0.0174. The van der Waals surface area contributed by atoms with Crippen LogP contribution in [0.4, 0.5) is 0 Å². The van der Waals surface area contributed by atoms with Crippen LogP contribution in [0, 0.1) is 5.92 Å². The van der Waals surface area contributed by atoms with Gasteiger partial charge in [0.05, 0.1) is 5.56 Å². The van der Waals surface area contributed by atoms with E-state index in [1.54, 1.807) is 6.08 Å². The summed E-state index contributed by atoms with van der Waals surface area (Å²) in [5.74, 6) is 0.978. The third-order valence-electron chi connectivity index (χ3n) is 4.95. The SMILES string of the molecule is CCCCCC(C)C=CC=C(C)Cc1c(O)cc(CCCC=CC(O)OC)oc1=O. The summed E-state index contributed by atoms with van der Waals surface area (Å²) in [6.07, 6.45) is 15.9. The molecule has 0 aliphatic carbocycles. The molecular weight excluding hydrogens is 380 g/mol. The maximum Gasteiger partial charge on any atom is 0.343 e. The molecule has 2 atom stereocenters. The van der Waals surface area contributed by atoms with Crippen molar-refractivity contribution in [3.05, 3.63) is 63.8 Å². The number of aliphatic hydroxyl groups excluding tert-OH is 1. The zero-order valence-electron chi connectivity index (χ0n) is 18.9. The van der Waals surface area contributed by atoms with Crippen molar-refractivity contribution in [1.29, 1.82) is 0 Å². The zero-order valence-corrected chi connectivity index (χ0v) is 18.9. The van der Waals surface area contributed by atoms with Crippen LogP contribution in [-0.2, 0) is 17.6 Å². The van der Waals surface area contributed by atoms with Gasteiger partial charge >= 0.3 is 5.63 Å². The Morgan fingerprint density at radius 2 is 2.03 bits per heavy atom. The van der Waals surface area contributed by atoms with Gasteiger partial charge < -0.3 is 19.4 Å². The number of hydrogen-bond acceptors (Lipinski definition) is 5. The van der Waals surface area contributed by atoms with Gasteiger partial charge in [-0.3, -0.25) is 0 Å². The number of ether oxygens (including phenoxy) is 1. The van der Waals surface area contributed by atoms with E-state index in [1.807, 2.05) is 25.2 Å². The molecule has 0 radical (unpaired) electrons. The van der Waals surface area contributed by atoms with E-state index in [9.17, 15) is 15.0 Å². The van der Waals surface area contributed by atoms with Crippen LogP contribution in [0.3, 0.4) is 0 Å². The van der Waals surface area contributed by atoms with Gasteiger partial charge in [-0.15, -0.1) is 0 Å². The fraction of sp³-hybridized carbons (Fsp3) is 0.560. The fourth-order valence-corrected chi connectivity index (χ4v) is 3.09. The number of unbranched alkanes of at least 4 members (excludes halogenated alkanes) is 3. The van der Waals surface area contributed by atoms with E-state index in [-0.39, 0.29) is 5.75 Å². The first-order chi connectivity index (χ1) is 14.4. The Morgan fingerprint density at radius 1 is 1.27 bits per heavy atom. The molecule has 0 aromatic carbocycles. The van der Waals surface area contributed by atoms with Gasteiger partial charge in [-0.1, -0.05) is 63.0 Å². The molecule has 2 N–H and O–H groups in total. The number of hydrogen-bond donors (Lipinski definition) is 2. The van der Waals surface area contributed by atoms with Crippen LogP contribution >= 0.6 is 0 Å². The van der Waals surface area contributed by atoms with Crippen LogP contribution < -0.4 is 5.63 Å². The maximum absolute atomic E-state index is 12.3. The molecule has 5 heteroatoms. The van der Waals surface area contributed by atoms with Crippen molar-refractivity contribution in [2.24, 2.45) is 5.92 Å². The highest BCUT2D eigenvalue weighted by Crippen LogP contribution is 2.20. The molecule has 0 aliphatic rings. The van der Waals surface area contributed by atoms with Crippen LogP contribution in [-0.4, -0.2) is 23.6 Å². The number of aryl methyl sites for hydroxylation is 1. The average Bonchev–Trinajstić information content (AvgIpc) is 2.70. The Balaban J connectivity index is 2.60. The summed E-state index contributed by atoms with van der Waals surface area (Å²) < 4.78 is 10.1. The lowest BCUT2D eigenvalue weighted by Gasteiger charge is -2.06. The smallest absolute Gasteiger partial charge is 0.343 e. The molecule has 1 aromatic heterocycles. The van der Waals surface area contributed by atoms with Crippen LogP contribution in [0.1, 0.15) is 70.6 Å². The lowest BCUT2D eigenvalue weighted by atomic mass is 10.0. The monoisotopic (exact) mass is 418 g/mol. The Morgan fingerprint density at radius 3 is 2.70 bits per heavy atom. The van der Waals surface area contributed by atoms with Crippen molar-refractivity contribution in [1.82, 2.24) is 0 Å². The van der Waals surface area contributed by atoms with Crippen LogP contribution in [0.25, 0.3) is 0 Å². The molecule has 2 unspecified atom stereocenters. The zero-order chi connectivity index (χ0) is 22.4. The molecule has 0 amide bonds. The second kappa shape index (κ2) is 14.8. The third kappa shape index (κ3) is 10.6. The number of aromatic hydroxyl groups is 1. The second-order valence-electron chi connectivity index (χ2n) is 7.86. The van der Waals surface area contributed by atoms with E-state index in [2.05, 4.69) is 19.9 Å². The van der Waals surface area contributed by atoms with Gasteiger partial charge in [0.15, 0.2) is 6.29 Å². The Labute approximate surface area is 180 Å². The second-order valence-corrected chi connectivity index (χ2v) is 7.86. The predicted molar refractivity (Wildman–Crippen MR) is 122 cm³/mol. The Kier molecular flexibility index (Phi) is 12.8. The lowest BCUT2D eigenvalue weighted by molar-refractivity contribution is -0.0358. The number of allylic oxidation sites excluding steroid dienone is 5. The van der Waals surface area contributed by atoms with Gasteiger partial charge in [-0.25, -0.2) is 4.79 Å². The van der Waals surface area contributed by atoms with Gasteiger partial charge in [-0.2, -0.15) is 0 Å². The van der Waals surface area contributed by atoms with Crippen molar-refractivity contribution in [2.45, 2.75) is 78.4 Å². The number of rotatable bonds is 14. The maximum atomic E-state index is 12.3. The van der Waals surface area contributed by atoms with Crippen molar-refractivity contribution < 1.29 is 19.4 Å². The summed E-state index contributed by atoms with van der Waals surface area (Å²) in [6, 6.07) is 1.53. The fourth-order valence-electron chi connectivity index (χ4n) is 3.09. The van der Waals surface area contributed by atoms with Crippen LogP contribution in [0.5, 0.6) is 5.75 Å². The molecule has 1 aromatic rings. The lowest BCUT2D eigenvalue weighted by Crippen LogP contribution is -2.10. The molecule has 0 spiro atoms. The minimum Gasteiger partial charge on any atom is -0.507 e. The summed E-state index contributed by atoms with van der Waals surface area (Å²) in [5, 5.41) is 19.6. The van der Waals surface area contributed by atoms with Crippen molar-refractivity contribution >= 4 is 0 Å². The molecule has 0 saturated heterocycles. The highest BCUT2D eigenvalue weighted by molar-refractivity contribution is 5.34. The Bertz CT molecular complexity index is 757. The summed E-state index contributed by atoms with van der Waals surface area (Å²) in [4.78, 5) is 12.3. The molecule has 168 valence electrons. The third-order valence-corrected chi connectivity index (χ3v) is 4.95. The molecular formula is C25H38O5. The van der Waals surface area contributed by atoms with Gasteiger partial charge in [0, 0.05) is 26.0 Å². The molecule has 0 saturated carbocycles. The quantitative estimate of drug-likeness (QED) is 0.182. The first-order valence-corrected chi connectivity index (χ1v) is 10.9. The summed E-state index contributed by atoms with van der Waals surface area (Å²) in [6.45, 7) is 6.36. The van der Waals surface area contributed by atoms with E-state index in [1.165, 1.54) is 38.9 Å². The molecule has 1 heterocycles. The molecule has 30 heavy (non-hydrogen) atoms. The number of aliphatic hydroxyl groups is 1. The van der Waals surface area contributed by atoms with E-state index in [4.69, 9.17) is 9.15 Å². The standard InChI is InChI=1S/C25H38O5/c1-5-6-8-12-19(2)13-11-14-20(3)17-22-23(26)18-21(30-25(22)28)15-9-7-10-16-24(27)29-4/h10-11,13-14,16,18-19,24,26-27H,5-9,12,15,17H2,1-4H3. The first kappa shape index (κ1) is 25.9. The molecule has 0 bridgehead atoms. The normalized spacial score (nSPS) is 14.6. The Hall–Kier alpha value is -2.11. The van der Waals surface area contributed by atoms with Crippen LogP contribution in [0.15, 0.2) is 51.2 Å². The average molecular weight is 419 g/mol. The molecule has 0 fully saturated rings. The summed E-state index contributed by atoms with van der Waals surface area (Å²) in [5.41, 5.74) is 0.796. The van der Waals surface area contributed by atoms with Gasteiger partial charge in [0.25, 0.3) is 0 Å². The number of methoxy groups -OCH3 is 1. The minimum atomic E-state index is -0.901. The van der Waals surface area contributed by atoms with Crippen molar-refractivity contribution in [2.75, 3.05) is 7.11 Å². The topological polar surface area (TPSA) is 79.9 Å². The van der Waals surface area contributed by atoms with E-state index in [0.29, 0.717) is 36.5 Å². The largest absolute Gasteiger partial charge is 0.507 e. The highest BCUT2D eigenvalue weighted by Gasteiger charge is 2.11. The summed E-state index contributed by atoms with van der Waals surface area (Å²) >= 11 is 0. The van der Waals surface area contributed by atoms with E-state index >= 15 is 0 Å². The van der Waals surface area contributed by atoms with E-state index in [0.717, 1.165) is 12.0 Å².